The number of nitrogen functional groups attached to an aromatic ring is 1. The van der Waals surface area contributed by atoms with Gasteiger partial charge in [0.2, 0.25) is 0 Å². The number of hydrogen-bond acceptors (Lipinski definition) is 4. The summed E-state index contributed by atoms with van der Waals surface area (Å²) >= 11 is 1.96. The number of rotatable bonds is 3. The highest BCUT2D eigenvalue weighted by atomic mass is 127. The number of benzene rings is 1. The fraction of sp³-hybridized carbons (Fsp3) is 0.0909. The van der Waals surface area contributed by atoms with E-state index in [9.17, 15) is 4.79 Å². The molecule has 17 heavy (non-hydrogen) atoms. The lowest BCUT2D eigenvalue weighted by atomic mass is 10.2. The van der Waals surface area contributed by atoms with Crippen LogP contribution in [0.3, 0.4) is 0 Å². The van der Waals surface area contributed by atoms with Crippen molar-refractivity contribution in [2.45, 2.75) is 6.54 Å². The Morgan fingerprint density at radius 2 is 2.18 bits per heavy atom. The average molecular weight is 342 g/mol. The lowest BCUT2D eigenvalue weighted by molar-refractivity contribution is 1.05. The SMILES string of the molecule is Nc1ccccc1CNc1nc[nH]c(=O)c1I. The first-order valence-electron chi connectivity index (χ1n) is 4.99. The Kier molecular flexibility index (Phi) is 3.62. The van der Waals surface area contributed by atoms with Crippen LogP contribution in [-0.2, 0) is 6.54 Å². The number of anilines is 2. The summed E-state index contributed by atoms with van der Waals surface area (Å²) in [7, 11) is 0. The fourth-order valence-electron chi connectivity index (χ4n) is 1.38. The molecule has 2 rings (SSSR count). The van der Waals surface area contributed by atoms with Crippen molar-refractivity contribution in [3.63, 3.8) is 0 Å². The largest absolute Gasteiger partial charge is 0.398 e. The number of aromatic nitrogens is 2. The Labute approximate surface area is 112 Å². The third-order valence-electron chi connectivity index (χ3n) is 2.30. The van der Waals surface area contributed by atoms with Crippen molar-refractivity contribution in [1.29, 1.82) is 0 Å². The van der Waals surface area contributed by atoms with Gasteiger partial charge in [0, 0.05) is 12.2 Å². The van der Waals surface area contributed by atoms with Crippen LogP contribution < -0.4 is 16.6 Å². The first kappa shape index (κ1) is 11.9. The molecule has 1 aromatic heterocycles. The van der Waals surface area contributed by atoms with Gasteiger partial charge in [-0.2, -0.15) is 0 Å². The summed E-state index contributed by atoms with van der Waals surface area (Å²) in [6.07, 6.45) is 1.38. The van der Waals surface area contributed by atoms with E-state index in [0.717, 1.165) is 11.3 Å². The molecule has 0 radical (unpaired) electrons. The molecule has 6 heteroatoms. The molecule has 0 aliphatic heterocycles. The van der Waals surface area contributed by atoms with Gasteiger partial charge in [-0.25, -0.2) is 4.98 Å². The zero-order valence-corrected chi connectivity index (χ0v) is 11.1. The minimum Gasteiger partial charge on any atom is -0.398 e. The quantitative estimate of drug-likeness (QED) is 0.584. The highest BCUT2D eigenvalue weighted by Crippen LogP contribution is 2.14. The van der Waals surface area contributed by atoms with E-state index in [-0.39, 0.29) is 5.56 Å². The second kappa shape index (κ2) is 5.17. The topological polar surface area (TPSA) is 83.8 Å². The van der Waals surface area contributed by atoms with E-state index in [4.69, 9.17) is 5.73 Å². The number of nitrogens with two attached hydrogens (primary N) is 1. The molecular formula is C11H11IN4O. The Morgan fingerprint density at radius 1 is 1.41 bits per heavy atom. The zero-order valence-electron chi connectivity index (χ0n) is 8.90. The zero-order chi connectivity index (χ0) is 12.3. The van der Waals surface area contributed by atoms with Crippen LogP contribution >= 0.6 is 22.6 Å². The Morgan fingerprint density at radius 3 is 2.94 bits per heavy atom. The van der Waals surface area contributed by atoms with Gasteiger partial charge in [0.15, 0.2) is 0 Å². The third-order valence-corrected chi connectivity index (χ3v) is 3.30. The lowest BCUT2D eigenvalue weighted by Crippen LogP contribution is -2.15. The molecule has 0 saturated carbocycles. The van der Waals surface area contributed by atoms with Crippen LogP contribution in [0.1, 0.15) is 5.56 Å². The fourth-order valence-corrected chi connectivity index (χ4v) is 1.87. The molecule has 2 aromatic rings. The summed E-state index contributed by atoms with van der Waals surface area (Å²) < 4.78 is 0.541. The summed E-state index contributed by atoms with van der Waals surface area (Å²) in [5.41, 5.74) is 7.37. The normalized spacial score (nSPS) is 10.2. The number of nitrogens with zero attached hydrogens (tertiary/aromatic N) is 1. The second-order valence-corrected chi connectivity index (χ2v) is 4.53. The van der Waals surface area contributed by atoms with Crippen molar-refractivity contribution in [2.24, 2.45) is 0 Å². The Hall–Kier alpha value is -1.57. The van der Waals surface area contributed by atoms with E-state index in [2.05, 4.69) is 15.3 Å². The van der Waals surface area contributed by atoms with Crippen LogP contribution in [0.5, 0.6) is 0 Å². The average Bonchev–Trinajstić information content (AvgIpc) is 2.33. The second-order valence-electron chi connectivity index (χ2n) is 3.45. The molecule has 0 amide bonds. The predicted molar refractivity (Wildman–Crippen MR) is 75.8 cm³/mol. The first-order chi connectivity index (χ1) is 8.18. The van der Waals surface area contributed by atoms with Gasteiger partial charge in [-0.15, -0.1) is 0 Å². The number of para-hydroxylation sites is 1. The van der Waals surface area contributed by atoms with E-state index in [1.165, 1.54) is 6.33 Å². The van der Waals surface area contributed by atoms with Crippen LogP contribution in [0, 0.1) is 3.57 Å². The highest BCUT2D eigenvalue weighted by Gasteiger charge is 2.05. The van der Waals surface area contributed by atoms with Crippen LogP contribution in [0.2, 0.25) is 0 Å². The molecule has 0 atom stereocenters. The summed E-state index contributed by atoms with van der Waals surface area (Å²) in [6.45, 7) is 0.541. The number of H-pyrrole nitrogens is 1. The molecule has 0 bridgehead atoms. The van der Waals surface area contributed by atoms with E-state index >= 15 is 0 Å². The molecule has 88 valence electrons. The standard InChI is InChI=1S/C11H11IN4O/c12-9-10(15-6-16-11(9)17)14-5-7-3-1-2-4-8(7)13/h1-4,6H,5,13H2,(H2,14,15,16,17). The highest BCUT2D eigenvalue weighted by molar-refractivity contribution is 14.1. The van der Waals surface area contributed by atoms with E-state index in [1.54, 1.807) is 0 Å². The monoisotopic (exact) mass is 342 g/mol. The maximum Gasteiger partial charge on any atom is 0.266 e. The molecule has 0 aliphatic rings. The minimum absolute atomic E-state index is 0.149. The van der Waals surface area contributed by atoms with Gasteiger partial charge in [0.25, 0.3) is 5.56 Å². The van der Waals surface area contributed by atoms with Crippen LogP contribution in [0.15, 0.2) is 35.4 Å². The Bertz CT molecular complexity index is 582. The van der Waals surface area contributed by atoms with Crippen molar-refractivity contribution in [2.75, 3.05) is 11.1 Å². The molecule has 5 nitrogen and oxygen atoms in total. The van der Waals surface area contributed by atoms with E-state index < -0.39 is 0 Å². The molecule has 1 aromatic carbocycles. The maximum atomic E-state index is 11.4. The first-order valence-corrected chi connectivity index (χ1v) is 6.07. The molecule has 4 N–H and O–H groups in total. The third kappa shape index (κ3) is 2.76. The van der Waals surface area contributed by atoms with E-state index in [0.29, 0.717) is 15.9 Å². The molecule has 1 heterocycles. The van der Waals surface area contributed by atoms with Gasteiger partial charge >= 0.3 is 0 Å². The smallest absolute Gasteiger partial charge is 0.266 e. The van der Waals surface area contributed by atoms with Gasteiger partial charge < -0.3 is 16.0 Å². The van der Waals surface area contributed by atoms with Gasteiger partial charge in [-0.05, 0) is 34.2 Å². The molecular weight excluding hydrogens is 331 g/mol. The van der Waals surface area contributed by atoms with Gasteiger partial charge in [0.1, 0.15) is 9.39 Å². The summed E-state index contributed by atoms with van der Waals surface area (Å²) in [6, 6.07) is 7.58. The van der Waals surface area contributed by atoms with Crippen LogP contribution in [0.4, 0.5) is 11.5 Å². The van der Waals surface area contributed by atoms with Crippen LogP contribution in [-0.4, -0.2) is 9.97 Å². The summed E-state index contributed by atoms with van der Waals surface area (Å²) in [4.78, 5) is 17.9. The number of halogens is 1. The van der Waals surface area contributed by atoms with Gasteiger partial charge in [-0.1, -0.05) is 18.2 Å². The molecule has 0 spiro atoms. The molecule has 0 saturated heterocycles. The maximum absolute atomic E-state index is 11.4. The number of nitrogens with one attached hydrogen (secondary N) is 2. The summed E-state index contributed by atoms with van der Waals surface area (Å²) in [5, 5.41) is 3.09. The van der Waals surface area contributed by atoms with Crippen molar-refractivity contribution >= 4 is 34.1 Å². The molecule has 0 aliphatic carbocycles. The van der Waals surface area contributed by atoms with Crippen molar-refractivity contribution in [3.05, 3.63) is 50.1 Å². The number of aromatic amines is 1. The van der Waals surface area contributed by atoms with Crippen LogP contribution in [0.25, 0.3) is 0 Å². The van der Waals surface area contributed by atoms with E-state index in [1.807, 2.05) is 46.9 Å². The number of hydrogen-bond donors (Lipinski definition) is 3. The lowest BCUT2D eigenvalue weighted by Gasteiger charge is -2.08. The van der Waals surface area contributed by atoms with Crippen molar-refractivity contribution < 1.29 is 0 Å². The van der Waals surface area contributed by atoms with Crippen molar-refractivity contribution in [1.82, 2.24) is 9.97 Å². The van der Waals surface area contributed by atoms with Gasteiger partial charge in [0.05, 0.1) is 6.33 Å². The predicted octanol–water partition coefficient (Wildman–Crippen LogP) is 1.57. The van der Waals surface area contributed by atoms with Crippen molar-refractivity contribution in [3.8, 4) is 0 Å². The summed E-state index contributed by atoms with van der Waals surface area (Å²) in [5.74, 6) is 0.567. The molecule has 0 fully saturated rings. The minimum atomic E-state index is -0.149. The molecule has 0 unspecified atom stereocenters. The van der Waals surface area contributed by atoms with Gasteiger partial charge in [-0.3, -0.25) is 4.79 Å². The Balaban J connectivity index is 2.16.